The maximum Gasteiger partial charge on any atom is 0.411 e. The molecule has 0 fully saturated rings. The van der Waals surface area contributed by atoms with Crippen LogP contribution >= 0.6 is 0 Å². The van der Waals surface area contributed by atoms with Crippen molar-refractivity contribution in [3.05, 3.63) is 0 Å². The number of aliphatic hydroxyl groups excluding tert-OH is 1. The molecule has 4 nitrogen and oxygen atoms in total. The van der Waals surface area contributed by atoms with Gasteiger partial charge in [0.1, 0.15) is 6.61 Å². The van der Waals surface area contributed by atoms with Crippen LogP contribution < -0.4 is 5.32 Å². The lowest BCUT2D eigenvalue weighted by Crippen LogP contribution is -2.37. The summed E-state index contributed by atoms with van der Waals surface area (Å²) >= 11 is 0. The second-order valence-electron chi connectivity index (χ2n) is 3.27. The third-order valence-corrected chi connectivity index (χ3v) is 1.82. The molecule has 2 N–H and O–H groups in total. The zero-order valence-corrected chi connectivity index (χ0v) is 9.01. The summed E-state index contributed by atoms with van der Waals surface area (Å²) in [6.07, 6.45) is -3.95. The summed E-state index contributed by atoms with van der Waals surface area (Å²) in [4.78, 5) is 11.1. The number of amides is 1. The fourth-order valence-electron chi connectivity index (χ4n) is 0.929. The number of rotatable bonds is 7. The Morgan fingerprint density at radius 1 is 1.50 bits per heavy atom. The van der Waals surface area contributed by atoms with Crippen molar-refractivity contribution in [2.75, 3.05) is 19.8 Å². The van der Waals surface area contributed by atoms with Gasteiger partial charge in [-0.05, 0) is 6.42 Å². The van der Waals surface area contributed by atoms with E-state index in [-0.39, 0.29) is 25.7 Å². The molecule has 1 atom stereocenters. The number of halogens is 3. The van der Waals surface area contributed by atoms with Crippen LogP contribution in [0.4, 0.5) is 13.2 Å². The van der Waals surface area contributed by atoms with Crippen molar-refractivity contribution in [1.29, 1.82) is 0 Å². The monoisotopic (exact) mass is 243 g/mol. The Morgan fingerprint density at radius 3 is 2.56 bits per heavy atom. The number of alkyl halides is 3. The van der Waals surface area contributed by atoms with Crippen LogP contribution in [-0.2, 0) is 9.53 Å². The van der Waals surface area contributed by atoms with E-state index >= 15 is 0 Å². The van der Waals surface area contributed by atoms with E-state index in [4.69, 9.17) is 5.11 Å². The van der Waals surface area contributed by atoms with Crippen molar-refractivity contribution in [2.45, 2.75) is 32.0 Å². The second-order valence-corrected chi connectivity index (χ2v) is 3.27. The second kappa shape index (κ2) is 7.45. The average Bonchev–Trinajstić information content (AvgIpc) is 2.19. The van der Waals surface area contributed by atoms with Gasteiger partial charge in [0, 0.05) is 6.42 Å². The van der Waals surface area contributed by atoms with E-state index < -0.39 is 18.7 Å². The molecule has 0 aliphatic carbocycles. The van der Waals surface area contributed by atoms with Crippen LogP contribution in [0.1, 0.15) is 19.8 Å². The zero-order valence-electron chi connectivity index (χ0n) is 9.01. The van der Waals surface area contributed by atoms with Gasteiger partial charge in [-0.3, -0.25) is 4.79 Å². The van der Waals surface area contributed by atoms with Gasteiger partial charge >= 0.3 is 6.18 Å². The Morgan fingerprint density at radius 2 is 2.12 bits per heavy atom. The molecule has 0 aromatic heterocycles. The Labute approximate surface area is 91.8 Å². The van der Waals surface area contributed by atoms with Gasteiger partial charge in [0.15, 0.2) is 0 Å². The summed E-state index contributed by atoms with van der Waals surface area (Å²) in [6, 6.07) is -0.352. The number of nitrogens with one attached hydrogen (secondary N) is 1. The molecule has 96 valence electrons. The molecule has 0 heterocycles. The van der Waals surface area contributed by atoms with E-state index in [0.717, 1.165) is 0 Å². The molecule has 0 aromatic rings. The van der Waals surface area contributed by atoms with Crippen molar-refractivity contribution >= 4 is 5.91 Å². The van der Waals surface area contributed by atoms with E-state index in [1.54, 1.807) is 6.92 Å². The van der Waals surface area contributed by atoms with E-state index in [2.05, 4.69) is 10.1 Å². The highest BCUT2D eigenvalue weighted by Gasteiger charge is 2.27. The summed E-state index contributed by atoms with van der Waals surface area (Å²) in [6.45, 7) is -0.0440. The lowest BCUT2D eigenvalue weighted by molar-refractivity contribution is -0.174. The van der Waals surface area contributed by atoms with E-state index in [1.165, 1.54) is 0 Å². The number of ether oxygens (including phenoxy) is 1. The maximum atomic E-state index is 11.6. The molecule has 1 amide bonds. The minimum Gasteiger partial charge on any atom is -0.394 e. The highest BCUT2D eigenvalue weighted by molar-refractivity contribution is 5.76. The van der Waals surface area contributed by atoms with Gasteiger partial charge < -0.3 is 15.2 Å². The fraction of sp³-hybridized carbons (Fsp3) is 0.889. The Hall–Kier alpha value is -0.820. The molecule has 0 aromatic carbocycles. The number of hydrogen-bond acceptors (Lipinski definition) is 3. The third-order valence-electron chi connectivity index (χ3n) is 1.82. The van der Waals surface area contributed by atoms with E-state index in [9.17, 15) is 18.0 Å². The lowest BCUT2D eigenvalue weighted by Gasteiger charge is -2.14. The molecule has 0 aliphatic heterocycles. The minimum absolute atomic E-state index is 0.146. The Kier molecular flexibility index (Phi) is 7.07. The van der Waals surface area contributed by atoms with Crippen molar-refractivity contribution in [1.82, 2.24) is 5.32 Å². The number of hydrogen-bond donors (Lipinski definition) is 2. The first kappa shape index (κ1) is 15.2. The van der Waals surface area contributed by atoms with Crippen molar-refractivity contribution in [2.24, 2.45) is 0 Å². The number of carbonyl (C=O) groups excluding carboxylic acids is 1. The Bertz CT molecular complexity index is 205. The summed E-state index contributed by atoms with van der Waals surface area (Å²) in [7, 11) is 0. The first-order valence-corrected chi connectivity index (χ1v) is 4.93. The van der Waals surface area contributed by atoms with Gasteiger partial charge in [0.25, 0.3) is 0 Å². The molecule has 0 aliphatic rings. The Balaban J connectivity index is 3.58. The summed E-state index contributed by atoms with van der Waals surface area (Å²) in [5, 5.41) is 11.2. The van der Waals surface area contributed by atoms with Crippen LogP contribution in [0.3, 0.4) is 0 Å². The topological polar surface area (TPSA) is 58.6 Å². The normalized spacial score (nSPS) is 13.6. The molecule has 16 heavy (non-hydrogen) atoms. The first-order valence-electron chi connectivity index (χ1n) is 4.93. The minimum atomic E-state index is -4.37. The van der Waals surface area contributed by atoms with Crippen LogP contribution in [0.15, 0.2) is 0 Å². The van der Waals surface area contributed by atoms with E-state index in [1.807, 2.05) is 0 Å². The summed E-state index contributed by atoms with van der Waals surface area (Å²) in [5.41, 5.74) is 0. The predicted octanol–water partition coefficient (Wildman–Crippen LogP) is 0.843. The van der Waals surface area contributed by atoms with Crippen LogP contribution in [0.2, 0.25) is 0 Å². The SMILES string of the molecule is CC[C@H](CO)NC(=O)CCOCC(F)(F)F. The van der Waals surface area contributed by atoms with Crippen molar-refractivity contribution < 1.29 is 27.8 Å². The molecular weight excluding hydrogens is 227 g/mol. The summed E-state index contributed by atoms with van der Waals surface area (Å²) < 4.78 is 39.2. The van der Waals surface area contributed by atoms with E-state index in [0.29, 0.717) is 6.42 Å². The molecule has 0 saturated carbocycles. The lowest BCUT2D eigenvalue weighted by atomic mass is 10.2. The third kappa shape index (κ3) is 8.49. The van der Waals surface area contributed by atoms with Crippen molar-refractivity contribution in [3.8, 4) is 0 Å². The maximum absolute atomic E-state index is 11.6. The molecule has 7 heteroatoms. The van der Waals surface area contributed by atoms with Gasteiger partial charge in [-0.15, -0.1) is 0 Å². The van der Waals surface area contributed by atoms with Crippen LogP contribution in [-0.4, -0.2) is 43.1 Å². The molecule has 0 unspecified atom stereocenters. The van der Waals surface area contributed by atoms with Crippen molar-refractivity contribution in [3.63, 3.8) is 0 Å². The smallest absolute Gasteiger partial charge is 0.394 e. The molecule has 0 saturated heterocycles. The number of aliphatic hydroxyl groups is 1. The van der Waals surface area contributed by atoms with Gasteiger partial charge in [0.2, 0.25) is 5.91 Å². The van der Waals surface area contributed by atoms with Gasteiger partial charge in [-0.2, -0.15) is 13.2 Å². The molecule has 0 spiro atoms. The van der Waals surface area contributed by atoms with Gasteiger partial charge in [-0.1, -0.05) is 6.92 Å². The summed E-state index contributed by atoms with van der Waals surface area (Å²) in [5.74, 6) is -0.428. The predicted molar refractivity (Wildman–Crippen MR) is 50.8 cm³/mol. The highest BCUT2D eigenvalue weighted by atomic mass is 19.4. The molecule has 0 rings (SSSR count). The van der Waals surface area contributed by atoms with Gasteiger partial charge in [-0.25, -0.2) is 0 Å². The first-order chi connectivity index (χ1) is 7.39. The molecule has 0 radical (unpaired) electrons. The largest absolute Gasteiger partial charge is 0.411 e. The molecular formula is C9H16F3NO3. The zero-order chi connectivity index (χ0) is 12.6. The van der Waals surface area contributed by atoms with Crippen LogP contribution in [0.25, 0.3) is 0 Å². The molecule has 0 bridgehead atoms. The fourth-order valence-corrected chi connectivity index (χ4v) is 0.929. The highest BCUT2D eigenvalue weighted by Crippen LogP contribution is 2.14. The van der Waals surface area contributed by atoms with Gasteiger partial charge in [0.05, 0.1) is 19.3 Å². The standard InChI is InChI=1S/C9H16F3NO3/c1-2-7(5-14)13-8(15)3-4-16-6-9(10,11)12/h7,14H,2-6H2,1H3,(H,13,15)/t7-/m1/s1. The average molecular weight is 243 g/mol. The van der Waals surface area contributed by atoms with Crippen LogP contribution in [0, 0.1) is 0 Å². The van der Waals surface area contributed by atoms with Crippen LogP contribution in [0.5, 0.6) is 0 Å². The quantitative estimate of drug-likeness (QED) is 0.651. The number of carbonyl (C=O) groups is 1.